The molecule has 4 rings (SSSR count). The summed E-state index contributed by atoms with van der Waals surface area (Å²) in [5.74, 6) is -6.62. The normalized spacial score (nSPS) is 17.5. The Bertz CT molecular complexity index is 1490. The van der Waals surface area contributed by atoms with Crippen LogP contribution in [0.3, 0.4) is 0 Å². The van der Waals surface area contributed by atoms with Gasteiger partial charge in [-0.2, -0.15) is 0 Å². The Balaban J connectivity index is 1.52. The first-order chi connectivity index (χ1) is 17.8. The van der Waals surface area contributed by atoms with E-state index in [2.05, 4.69) is 10.6 Å². The van der Waals surface area contributed by atoms with Crippen molar-refractivity contribution in [1.29, 1.82) is 0 Å². The summed E-state index contributed by atoms with van der Waals surface area (Å²) in [7, 11) is 0. The Morgan fingerprint density at radius 1 is 0.842 bits per heavy atom. The van der Waals surface area contributed by atoms with Crippen molar-refractivity contribution in [2.75, 3.05) is 16.0 Å². The third-order valence-corrected chi connectivity index (χ3v) is 7.32. The number of halogens is 7. The van der Waals surface area contributed by atoms with Crippen molar-refractivity contribution in [2.45, 2.75) is 17.2 Å². The van der Waals surface area contributed by atoms with E-state index in [-0.39, 0.29) is 21.3 Å². The number of anilines is 3. The summed E-state index contributed by atoms with van der Waals surface area (Å²) in [5.41, 5.74) is -0.671. The molecule has 198 valence electrons. The van der Waals surface area contributed by atoms with Crippen LogP contribution in [0, 0.1) is 23.4 Å². The molecular weight excluding hydrogens is 589 g/mol. The summed E-state index contributed by atoms with van der Waals surface area (Å²) >= 11 is 24.6. The van der Waals surface area contributed by atoms with Gasteiger partial charge >= 0.3 is 0 Å². The molecule has 1 unspecified atom stereocenters. The average Bonchev–Trinajstić information content (AvgIpc) is 3.43. The van der Waals surface area contributed by atoms with Crippen molar-refractivity contribution >= 4 is 81.2 Å². The Morgan fingerprint density at radius 2 is 1.53 bits per heavy atom. The minimum Gasteiger partial charge on any atom is -0.326 e. The van der Waals surface area contributed by atoms with Gasteiger partial charge in [-0.05, 0) is 48.0 Å². The van der Waals surface area contributed by atoms with Crippen LogP contribution in [0.25, 0.3) is 0 Å². The minimum atomic E-state index is -1.48. The van der Waals surface area contributed by atoms with Crippen LogP contribution in [0.5, 0.6) is 0 Å². The van der Waals surface area contributed by atoms with Crippen LogP contribution in [0.4, 0.5) is 30.2 Å². The molecule has 3 aromatic rings. The highest BCUT2D eigenvalue weighted by atomic mass is 35.5. The molecule has 0 radical (unpaired) electrons. The molecule has 3 N–H and O–H groups in total. The highest BCUT2D eigenvalue weighted by molar-refractivity contribution is 6.53. The molecule has 0 spiro atoms. The molecule has 0 aromatic heterocycles. The summed E-state index contributed by atoms with van der Waals surface area (Å²) in [6.07, 6.45) is 0. The summed E-state index contributed by atoms with van der Waals surface area (Å²) < 4.78 is 40.7. The van der Waals surface area contributed by atoms with Gasteiger partial charge in [-0.15, -0.1) is 23.2 Å². The molecule has 0 heterocycles. The lowest BCUT2D eigenvalue weighted by molar-refractivity contribution is -0.117. The molecule has 13 heteroatoms. The molecule has 0 aliphatic heterocycles. The monoisotopic (exact) mass is 603 g/mol. The number of carbonyl (C=O) groups excluding carboxylic acids is 3. The van der Waals surface area contributed by atoms with Gasteiger partial charge in [0.05, 0.1) is 27.2 Å². The van der Waals surface area contributed by atoms with Crippen molar-refractivity contribution in [3.63, 3.8) is 0 Å². The molecule has 1 aliphatic rings. The van der Waals surface area contributed by atoms with Gasteiger partial charge in [0.2, 0.25) is 11.8 Å². The zero-order valence-corrected chi connectivity index (χ0v) is 22.2. The van der Waals surface area contributed by atoms with Crippen LogP contribution in [0.2, 0.25) is 10.0 Å². The van der Waals surface area contributed by atoms with Gasteiger partial charge in [-0.1, -0.05) is 29.3 Å². The first kappa shape index (κ1) is 28.0. The van der Waals surface area contributed by atoms with Crippen LogP contribution in [0.1, 0.15) is 28.8 Å². The number of carbonyl (C=O) groups is 3. The molecule has 0 bridgehead atoms. The van der Waals surface area contributed by atoms with Crippen molar-refractivity contribution in [1.82, 2.24) is 0 Å². The van der Waals surface area contributed by atoms with E-state index in [1.54, 1.807) is 0 Å². The second-order valence-corrected chi connectivity index (χ2v) is 10.7. The molecule has 0 saturated heterocycles. The number of amides is 3. The molecule has 1 saturated carbocycles. The quantitative estimate of drug-likeness (QED) is 0.261. The van der Waals surface area contributed by atoms with E-state index in [1.165, 1.54) is 30.3 Å². The number of hydrogen-bond acceptors (Lipinski definition) is 3. The van der Waals surface area contributed by atoms with Gasteiger partial charge in [0.25, 0.3) is 5.91 Å². The third kappa shape index (κ3) is 5.56. The Hall–Kier alpha value is -2.98. The lowest BCUT2D eigenvalue weighted by Gasteiger charge is -2.13. The predicted octanol–water partition coefficient (Wildman–Crippen LogP) is 7.15. The van der Waals surface area contributed by atoms with Gasteiger partial charge in [0.15, 0.2) is 5.82 Å². The maximum atomic E-state index is 14.7. The zero-order valence-electron chi connectivity index (χ0n) is 19.1. The molecule has 3 amide bonds. The fourth-order valence-corrected chi connectivity index (χ4v) is 5.12. The van der Waals surface area contributed by atoms with E-state index >= 15 is 0 Å². The highest BCUT2D eigenvalue weighted by Gasteiger charge is 2.67. The lowest BCUT2D eigenvalue weighted by Crippen LogP contribution is -2.19. The summed E-state index contributed by atoms with van der Waals surface area (Å²) in [6.45, 7) is 1.07. The van der Waals surface area contributed by atoms with Gasteiger partial charge < -0.3 is 16.0 Å². The van der Waals surface area contributed by atoms with Gasteiger partial charge in [0.1, 0.15) is 21.7 Å². The SMILES string of the molecule is CC(=O)Nc1c(F)ccc(NC(=O)c2cc(NC(=O)C3[C@H](c4ccc(F)c(Cl)c4)C3(Cl)Cl)ccc2Cl)c1F. The first-order valence-electron chi connectivity index (χ1n) is 10.8. The minimum absolute atomic E-state index is 0.0283. The van der Waals surface area contributed by atoms with Crippen LogP contribution in [-0.4, -0.2) is 22.1 Å². The molecule has 1 aliphatic carbocycles. The maximum absolute atomic E-state index is 14.7. The standard InChI is InChI=1S/C25H16Cl4F3N3O3/c1-10(36)33-22-17(31)6-7-18(21(22)32)35-23(37)13-9-12(3-4-14(13)26)34-24(38)20-19(25(20,28)29)11-2-5-16(30)15(27)8-11/h2-9,19-20H,1H3,(H,33,36)(H,34,38)(H,35,37)/t19-,20?/m0/s1. The van der Waals surface area contributed by atoms with Crippen molar-refractivity contribution in [3.05, 3.63) is 87.2 Å². The van der Waals surface area contributed by atoms with Crippen LogP contribution < -0.4 is 16.0 Å². The summed E-state index contributed by atoms with van der Waals surface area (Å²) in [5, 5.41) is 6.70. The number of hydrogen-bond donors (Lipinski definition) is 3. The van der Waals surface area contributed by atoms with Crippen LogP contribution in [-0.2, 0) is 9.59 Å². The number of nitrogens with one attached hydrogen (secondary N) is 3. The van der Waals surface area contributed by atoms with E-state index in [4.69, 9.17) is 46.4 Å². The summed E-state index contributed by atoms with van der Waals surface area (Å²) in [4.78, 5) is 37.0. The predicted molar refractivity (Wildman–Crippen MR) is 141 cm³/mol. The van der Waals surface area contributed by atoms with Crippen molar-refractivity contribution in [3.8, 4) is 0 Å². The molecule has 1 fully saturated rings. The van der Waals surface area contributed by atoms with Crippen LogP contribution in [0.15, 0.2) is 48.5 Å². The number of rotatable bonds is 6. The van der Waals surface area contributed by atoms with E-state index < -0.39 is 62.7 Å². The Labute approximate surface area is 234 Å². The van der Waals surface area contributed by atoms with Gasteiger partial charge in [0, 0.05) is 18.5 Å². The van der Waals surface area contributed by atoms with E-state index in [9.17, 15) is 27.6 Å². The number of benzene rings is 3. The van der Waals surface area contributed by atoms with Gasteiger partial charge in [-0.3, -0.25) is 14.4 Å². The number of alkyl halides is 2. The molecule has 2 atom stereocenters. The summed E-state index contributed by atoms with van der Waals surface area (Å²) in [6, 6.07) is 9.73. The Morgan fingerprint density at radius 3 is 2.18 bits per heavy atom. The van der Waals surface area contributed by atoms with Gasteiger partial charge in [-0.25, -0.2) is 13.2 Å². The fraction of sp³-hybridized carbons (Fsp3) is 0.160. The lowest BCUT2D eigenvalue weighted by atomic mass is 10.1. The average molecular weight is 605 g/mol. The topological polar surface area (TPSA) is 87.3 Å². The van der Waals surface area contributed by atoms with E-state index in [1.807, 2.05) is 5.32 Å². The molecule has 3 aromatic carbocycles. The maximum Gasteiger partial charge on any atom is 0.257 e. The fourth-order valence-electron chi connectivity index (χ4n) is 3.90. The highest BCUT2D eigenvalue weighted by Crippen LogP contribution is 2.65. The van der Waals surface area contributed by atoms with Crippen molar-refractivity contribution < 1.29 is 27.6 Å². The largest absolute Gasteiger partial charge is 0.326 e. The smallest absolute Gasteiger partial charge is 0.257 e. The zero-order chi connectivity index (χ0) is 27.9. The van der Waals surface area contributed by atoms with Crippen LogP contribution >= 0.6 is 46.4 Å². The van der Waals surface area contributed by atoms with Crippen molar-refractivity contribution in [2.24, 2.45) is 5.92 Å². The molecular formula is C25H16Cl4F3N3O3. The molecule has 6 nitrogen and oxygen atoms in total. The second kappa shape index (κ2) is 10.6. The third-order valence-electron chi connectivity index (χ3n) is 5.76. The first-order valence-corrected chi connectivity index (χ1v) is 12.3. The second-order valence-electron chi connectivity index (χ2n) is 8.41. The molecule has 38 heavy (non-hydrogen) atoms. The van der Waals surface area contributed by atoms with E-state index in [0.717, 1.165) is 25.1 Å². The Kier molecular flexibility index (Phi) is 7.86. The van der Waals surface area contributed by atoms with E-state index in [0.29, 0.717) is 5.56 Å².